The third-order valence-corrected chi connectivity index (χ3v) is 1.10. The van der Waals surface area contributed by atoms with Crippen molar-refractivity contribution in [3.05, 3.63) is 10.4 Å². The molecule has 56 valence electrons. The minimum Gasteiger partial charge on any atom is -0.300 e. The maximum absolute atomic E-state index is 10.4. The van der Waals surface area contributed by atoms with Crippen LogP contribution in [0, 0.1) is 0 Å². The smallest absolute Gasteiger partial charge is 0.129 e. The largest absolute Gasteiger partial charge is 0.300 e. The summed E-state index contributed by atoms with van der Waals surface area (Å²) in [7, 11) is 0. The number of rotatable bonds is 5. The van der Waals surface area contributed by atoms with Crippen LogP contribution < -0.4 is 0 Å². The summed E-state index contributed by atoms with van der Waals surface area (Å²) in [6, 6.07) is 0. The van der Waals surface area contributed by atoms with E-state index in [0.29, 0.717) is 13.0 Å². The lowest BCUT2D eigenvalue weighted by Gasteiger charge is -1.91. The molecule has 0 aliphatic carbocycles. The molecule has 0 heterocycles. The number of hydrogen-bond acceptors (Lipinski definition) is 2. The number of hydrogen-bond donors (Lipinski definition) is 0. The van der Waals surface area contributed by atoms with Crippen molar-refractivity contribution in [1.82, 2.24) is 0 Å². The van der Waals surface area contributed by atoms with E-state index in [1.54, 1.807) is 6.92 Å². The number of carbonyl (C=O) groups is 1. The molecule has 10 heavy (non-hydrogen) atoms. The van der Waals surface area contributed by atoms with E-state index in [4.69, 9.17) is 5.53 Å². The summed E-state index contributed by atoms with van der Waals surface area (Å²) in [5, 5.41) is 3.34. The van der Waals surface area contributed by atoms with Gasteiger partial charge in [-0.15, -0.1) is 0 Å². The minimum atomic E-state index is 0.195. The lowest BCUT2D eigenvalue weighted by atomic mass is 10.2. The lowest BCUT2D eigenvalue weighted by molar-refractivity contribution is -0.117. The summed E-state index contributed by atoms with van der Waals surface area (Å²) in [6.07, 6.45) is 2.24. The van der Waals surface area contributed by atoms with Crippen LogP contribution in [0.5, 0.6) is 0 Å². The van der Waals surface area contributed by atoms with Gasteiger partial charge in [-0.25, -0.2) is 0 Å². The molecule has 0 aliphatic heterocycles. The van der Waals surface area contributed by atoms with Gasteiger partial charge in [-0.2, -0.15) is 0 Å². The van der Waals surface area contributed by atoms with Crippen molar-refractivity contribution in [1.29, 1.82) is 0 Å². The van der Waals surface area contributed by atoms with Crippen LogP contribution in [-0.4, -0.2) is 12.3 Å². The second-order valence-corrected chi connectivity index (χ2v) is 2.11. The molecule has 0 radical (unpaired) electrons. The van der Waals surface area contributed by atoms with Gasteiger partial charge in [0.2, 0.25) is 0 Å². The summed E-state index contributed by atoms with van der Waals surface area (Å²) in [6.45, 7) is 2.07. The standard InChI is InChI=1S/C6H11N3O/c1-6(10)4-2-3-5-8-9-7/h2-5H2,1H3. The number of unbranched alkanes of at least 4 members (excludes halogenated alkanes) is 1. The Balaban J connectivity index is 3.05. The van der Waals surface area contributed by atoms with Crippen LogP contribution >= 0.6 is 0 Å². The minimum absolute atomic E-state index is 0.195. The van der Waals surface area contributed by atoms with Crippen LogP contribution in [0.1, 0.15) is 26.2 Å². The zero-order valence-electron chi connectivity index (χ0n) is 6.08. The lowest BCUT2D eigenvalue weighted by Crippen LogP contribution is -1.89. The van der Waals surface area contributed by atoms with Gasteiger partial charge in [-0.3, -0.25) is 0 Å². The number of ketones is 1. The Bertz CT molecular complexity index is 145. The number of nitrogens with zero attached hydrogens (tertiary/aromatic N) is 3. The molecular formula is C6H11N3O. The highest BCUT2D eigenvalue weighted by molar-refractivity contribution is 5.75. The van der Waals surface area contributed by atoms with E-state index in [1.807, 2.05) is 0 Å². The van der Waals surface area contributed by atoms with Gasteiger partial charge >= 0.3 is 0 Å². The Morgan fingerprint density at radius 3 is 2.80 bits per heavy atom. The van der Waals surface area contributed by atoms with Gasteiger partial charge in [0.05, 0.1) is 0 Å². The van der Waals surface area contributed by atoms with Crippen LogP contribution in [0.15, 0.2) is 5.11 Å². The maximum Gasteiger partial charge on any atom is 0.129 e. The van der Waals surface area contributed by atoms with Crippen molar-refractivity contribution in [2.45, 2.75) is 26.2 Å². The molecule has 0 amide bonds. The average molecular weight is 141 g/mol. The first kappa shape index (κ1) is 8.98. The van der Waals surface area contributed by atoms with Crippen LogP contribution in [0.25, 0.3) is 10.4 Å². The summed E-state index contributed by atoms with van der Waals surface area (Å²) in [4.78, 5) is 13.0. The van der Waals surface area contributed by atoms with Gasteiger partial charge in [0.1, 0.15) is 5.78 Å². The summed E-state index contributed by atoms with van der Waals surface area (Å²) in [5.74, 6) is 0.195. The molecule has 0 aromatic carbocycles. The van der Waals surface area contributed by atoms with Gasteiger partial charge in [-0.05, 0) is 25.3 Å². The Labute approximate surface area is 59.9 Å². The molecule has 0 aliphatic rings. The van der Waals surface area contributed by atoms with Crippen LogP contribution in [-0.2, 0) is 4.79 Å². The molecule has 4 heteroatoms. The van der Waals surface area contributed by atoms with Crippen molar-refractivity contribution in [2.75, 3.05) is 6.54 Å². The Morgan fingerprint density at radius 2 is 2.30 bits per heavy atom. The average Bonchev–Trinajstić information content (AvgIpc) is 1.87. The first-order valence-corrected chi connectivity index (χ1v) is 3.27. The molecule has 0 atom stereocenters. The first-order valence-electron chi connectivity index (χ1n) is 3.27. The van der Waals surface area contributed by atoms with Gasteiger partial charge in [0.25, 0.3) is 0 Å². The summed E-state index contributed by atoms with van der Waals surface area (Å²) >= 11 is 0. The second kappa shape index (κ2) is 6.11. The van der Waals surface area contributed by atoms with Gasteiger partial charge < -0.3 is 4.79 Å². The highest BCUT2D eigenvalue weighted by Gasteiger charge is 1.91. The molecule has 0 rings (SSSR count). The molecule has 0 spiro atoms. The Hall–Kier alpha value is -1.02. The van der Waals surface area contributed by atoms with E-state index >= 15 is 0 Å². The van der Waals surface area contributed by atoms with Gasteiger partial charge in [0.15, 0.2) is 0 Å². The van der Waals surface area contributed by atoms with E-state index in [1.165, 1.54) is 0 Å². The topological polar surface area (TPSA) is 65.8 Å². The van der Waals surface area contributed by atoms with Crippen LogP contribution in [0.3, 0.4) is 0 Å². The zero-order valence-corrected chi connectivity index (χ0v) is 6.08. The highest BCUT2D eigenvalue weighted by Crippen LogP contribution is 1.95. The van der Waals surface area contributed by atoms with E-state index in [2.05, 4.69) is 10.0 Å². The van der Waals surface area contributed by atoms with Crippen molar-refractivity contribution >= 4 is 5.78 Å². The van der Waals surface area contributed by atoms with Crippen molar-refractivity contribution in [2.24, 2.45) is 5.11 Å². The van der Waals surface area contributed by atoms with Gasteiger partial charge in [0, 0.05) is 17.9 Å². The maximum atomic E-state index is 10.4. The van der Waals surface area contributed by atoms with E-state index < -0.39 is 0 Å². The summed E-state index contributed by atoms with van der Waals surface area (Å²) < 4.78 is 0. The molecule has 0 bridgehead atoms. The molecule has 0 saturated heterocycles. The van der Waals surface area contributed by atoms with Crippen LogP contribution in [0.4, 0.5) is 0 Å². The Morgan fingerprint density at radius 1 is 1.60 bits per heavy atom. The van der Waals surface area contributed by atoms with Crippen molar-refractivity contribution in [3.8, 4) is 0 Å². The molecular weight excluding hydrogens is 130 g/mol. The van der Waals surface area contributed by atoms with Crippen LogP contribution in [0.2, 0.25) is 0 Å². The fourth-order valence-corrected chi connectivity index (χ4v) is 0.601. The Kier molecular flexibility index (Phi) is 5.48. The molecule has 0 fully saturated rings. The normalized spacial score (nSPS) is 8.50. The zero-order chi connectivity index (χ0) is 7.82. The number of azide groups is 1. The van der Waals surface area contributed by atoms with E-state index in [9.17, 15) is 4.79 Å². The number of Topliss-reactive ketones (excluding diaryl/α,β-unsaturated/α-hetero) is 1. The molecule has 0 aromatic rings. The van der Waals surface area contributed by atoms with Gasteiger partial charge in [-0.1, -0.05) is 5.11 Å². The third-order valence-electron chi connectivity index (χ3n) is 1.10. The predicted molar refractivity (Wildman–Crippen MR) is 38.5 cm³/mol. The van der Waals surface area contributed by atoms with E-state index in [-0.39, 0.29) is 5.78 Å². The molecule has 0 unspecified atom stereocenters. The number of carbonyl (C=O) groups excluding carboxylic acids is 1. The fraction of sp³-hybridized carbons (Fsp3) is 0.833. The highest BCUT2D eigenvalue weighted by atomic mass is 16.1. The quantitative estimate of drug-likeness (QED) is 0.250. The monoisotopic (exact) mass is 141 g/mol. The molecule has 0 aromatic heterocycles. The molecule has 0 saturated carbocycles. The third kappa shape index (κ3) is 6.98. The van der Waals surface area contributed by atoms with Crippen molar-refractivity contribution in [3.63, 3.8) is 0 Å². The second-order valence-electron chi connectivity index (χ2n) is 2.11. The molecule has 0 N–H and O–H groups in total. The van der Waals surface area contributed by atoms with Crippen molar-refractivity contribution < 1.29 is 4.79 Å². The first-order chi connectivity index (χ1) is 4.77. The predicted octanol–water partition coefficient (Wildman–Crippen LogP) is 2.06. The molecule has 4 nitrogen and oxygen atoms in total. The summed E-state index contributed by atoms with van der Waals surface area (Å²) in [5.41, 5.74) is 7.87. The SMILES string of the molecule is CC(=O)CCCCN=[N+]=[N-]. The van der Waals surface area contributed by atoms with E-state index in [0.717, 1.165) is 12.8 Å². The fourth-order valence-electron chi connectivity index (χ4n) is 0.601.